The Hall–Kier alpha value is 0.340. The molecule has 0 N–H and O–H groups in total. The third-order valence-corrected chi connectivity index (χ3v) is 3.16. The average molecular weight is 229 g/mol. The van der Waals surface area contributed by atoms with Crippen molar-refractivity contribution in [2.24, 2.45) is 5.41 Å². The first-order valence-electron chi connectivity index (χ1n) is 3.82. The quantitative estimate of drug-likeness (QED) is 0.628. The molecule has 0 aromatic heterocycles. The average Bonchev–Trinajstić information content (AvgIpc) is 1.87. The first-order chi connectivity index (χ1) is 4.98. The Balaban J connectivity index is 3.38. The lowest BCUT2D eigenvalue weighted by Crippen LogP contribution is -2.12. The van der Waals surface area contributed by atoms with E-state index in [-0.39, 0.29) is 11.8 Å². The summed E-state index contributed by atoms with van der Waals surface area (Å²) in [5.41, 5.74) is 0.162. The van der Waals surface area contributed by atoms with Crippen molar-refractivity contribution in [3.05, 3.63) is 0 Å². The number of alkyl halides is 3. The van der Waals surface area contributed by atoms with E-state index in [1.54, 1.807) is 0 Å². The van der Waals surface area contributed by atoms with Crippen molar-refractivity contribution in [3.63, 3.8) is 0 Å². The molecule has 0 heterocycles. The van der Waals surface area contributed by atoms with Crippen LogP contribution >= 0.6 is 15.9 Å². The minimum Gasteiger partial charge on any atom is -0.211 e. The summed E-state index contributed by atoms with van der Waals surface area (Å²) >= 11 is 3.35. The fourth-order valence-corrected chi connectivity index (χ4v) is 1.08. The van der Waals surface area contributed by atoms with E-state index in [2.05, 4.69) is 29.8 Å². The summed E-state index contributed by atoms with van der Waals surface area (Å²) in [5, 5.41) is 0.878. The molecule has 0 saturated carbocycles. The number of rotatable bonds is 5. The molecule has 11 heavy (non-hydrogen) atoms. The van der Waals surface area contributed by atoms with Gasteiger partial charge in [0.05, 0.1) is 0 Å². The Morgan fingerprint density at radius 3 is 2.27 bits per heavy atom. The van der Waals surface area contributed by atoms with Crippen LogP contribution in [-0.2, 0) is 0 Å². The molecular weight excluding hydrogens is 214 g/mol. The maximum Gasteiger partial charge on any atom is 0.238 e. The molecule has 0 aliphatic rings. The van der Waals surface area contributed by atoms with Crippen LogP contribution in [0.2, 0.25) is 0 Å². The van der Waals surface area contributed by atoms with Crippen LogP contribution in [0.3, 0.4) is 0 Å². The van der Waals surface area contributed by atoms with Gasteiger partial charge in [0.1, 0.15) is 0 Å². The zero-order valence-corrected chi connectivity index (χ0v) is 8.63. The molecule has 0 atom stereocenters. The van der Waals surface area contributed by atoms with Crippen LogP contribution in [0.5, 0.6) is 0 Å². The number of halogens is 3. The van der Waals surface area contributed by atoms with E-state index in [0.717, 1.165) is 11.8 Å². The minimum absolute atomic E-state index is 0.0381. The third-order valence-electron chi connectivity index (χ3n) is 1.64. The first kappa shape index (κ1) is 11.3. The molecule has 0 rings (SSSR count). The fraction of sp³-hybridized carbons (Fsp3) is 1.00. The predicted octanol–water partition coefficient (Wildman–Crippen LogP) is 3.84. The van der Waals surface area contributed by atoms with E-state index in [0.29, 0.717) is 6.42 Å². The smallest absolute Gasteiger partial charge is 0.211 e. The largest absolute Gasteiger partial charge is 0.238 e. The van der Waals surface area contributed by atoms with Gasteiger partial charge in [-0.2, -0.15) is 0 Å². The standard InChI is InChI=1S/C8H15BrF2/c1-8(2,6-9)5-3-4-7(10)11/h7H,3-6H2,1-2H3. The highest BCUT2D eigenvalue weighted by Crippen LogP contribution is 2.26. The fourth-order valence-electron chi connectivity index (χ4n) is 0.802. The van der Waals surface area contributed by atoms with Crippen LogP contribution in [0.15, 0.2) is 0 Å². The summed E-state index contributed by atoms with van der Waals surface area (Å²) in [6, 6.07) is 0. The minimum atomic E-state index is -2.14. The molecule has 3 heteroatoms. The van der Waals surface area contributed by atoms with E-state index < -0.39 is 6.43 Å². The van der Waals surface area contributed by atoms with E-state index in [1.807, 2.05) is 0 Å². The molecule has 0 aromatic carbocycles. The van der Waals surface area contributed by atoms with Crippen LogP contribution in [-0.4, -0.2) is 11.8 Å². The van der Waals surface area contributed by atoms with Crippen molar-refractivity contribution in [3.8, 4) is 0 Å². The van der Waals surface area contributed by atoms with Crippen molar-refractivity contribution in [1.82, 2.24) is 0 Å². The predicted molar refractivity (Wildman–Crippen MR) is 47.4 cm³/mol. The van der Waals surface area contributed by atoms with Crippen molar-refractivity contribution < 1.29 is 8.78 Å². The van der Waals surface area contributed by atoms with Gasteiger partial charge >= 0.3 is 0 Å². The monoisotopic (exact) mass is 228 g/mol. The van der Waals surface area contributed by atoms with Crippen LogP contribution in [0, 0.1) is 5.41 Å². The Morgan fingerprint density at radius 2 is 1.91 bits per heavy atom. The van der Waals surface area contributed by atoms with Crippen molar-refractivity contribution in [2.75, 3.05) is 5.33 Å². The molecule has 0 aliphatic carbocycles. The zero-order chi connectivity index (χ0) is 8.91. The SMILES string of the molecule is CC(C)(CBr)CCCC(F)F. The lowest BCUT2D eigenvalue weighted by atomic mass is 9.90. The van der Waals surface area contributed by atoms with Crippen LogP contribution < -0.4 is 0 Å². The lowest BCUT2D eigenvalue weighted by Gasteiger charge is -2.20. The molecule has 0 aromatic rings. The van der Waals surface area contributed by atoms with E-state index in [4.69, 9.17) is 0 Å². The van der Waals surface area contributed by atoms with E-state index in [9.17, 15) is 8.78 Å². The van der Waals surface area contributed by atoms with Gasteiger partial charge in [0.25, 0.3) is 0 Å². The highest BCUT2D eigenvalue weighted by atomic mass is 79.9. The molecule has 0 unspecified atom stereocenters. The molecule has 0 bridgehead atoms. The summed E-state index contributed by atoms with van der Waals surface area (Å²) in [6.07, 6.45) is -0.615. The van der Waals surface area contributed by atoms with Gasteiger partial charge in [0.2, 0.25) is 6.43 Å². The van der Waals surface area contributed by atoms with Crippen LogP contribution in [0.1, 0.15) is 33.1 Å². The molecule has 0 nitrogen and oxygen atoms in total. The summed E-state index contributed by atoms with van der Waals surface area (Å²) < 4.78 is 23.4. The molecule has 68 valence electrons. The number of hydrogen-bond acceptors (Lipinski definition) is 0. The Morgan fingerprint density at radius 1 is 1.36 bits per heavy atom. The summed E-state index contributed by atoms with van der Waals surface area (Å²) in [5.74, 6) is 0. The van der Waals surface area contributed by atoms with E-state index in [1.165, 1.54) is 0 Å². The topological polar surface area (TPSA) is 0 Å². The highest BCUT2D eigenvalue weighted by Gasteiger charge is 2.16. The van der Waals surface area contributed by atoms with Gasteiger partial charge in [0.15, 0.2) is 0 Å². The van der Waals surface area contributed by atoms with Gasteiger partial charge in [-0.25, -0.2) is 8.78 Å². The van der Waals surface area contributed by atoms with Crippen LogP contribution in [0.4, 0.5) is 8.78 Å². The van der Waals surface area contributed by atoms with Gasteiger partial charge in [-0.1, -0.05) is 29.8 Å². The Kier molecular flexibility index (Phi) is 5.23. The highest BCUT2D eigenvalue weighted by molar-refractivity contribution is 9.09. The number of hydrogen-bond donors (Lipinski definition) is 0. The summed E-state index contributed by atoms with van der Waals surface area (Å²) in [6.45, 7) is 4.15. The van der Waals surface area contributed by atoms with E-state index >= 15 is 0 Å². The van der Waals surface area contributed by atoms with Gasteiger partial charge in [0, 0.05) is 11.8 Å². The molecule has 0 spiro atoms. The third kappa shape index (κ3) is 6.73. The van der Waals surface area contributed by atoms with Gasteiger partial charge in [-0.3, -0.25) is 0 Å². The van der Waals surface area contributed by atoms with Crippen LogP contribution in [0.25, 0.3) is 0 Å². The van der Waals surface area contributed by atoms with Crippen molar-refractivity contribution in [1.29, 1.82) is 0 Å². The Labute approximate surface area is 75.5 Å². The van der Waals surface area contributed by atoms with Crippen molar-refractivity contribution in [2.45, 2.75) is 39.5 Å². The normalized spacial score (nSPS) is 12.5. The summed E-state index contributed by atoms with van der Waals surface area (Å²) in [4.78, 5) is 0. The Bertz CT molecular complexity index is 102. The second kappa shape index (κ2) is 5.07. The lowest BCUT2D eigenvalue weighted by molar-refractivity contribution is 0.129. The molecule has 0 amide bonds. The second-order valence-corrected chi connectivity index (χ2v) is 4.14. The molecule has 0 aliphatic heterocycles. The molecule has 0 radical (unpaired) electrons. The van der Waals surface area contributed by atoms with Gasteiger partial charge < -0.3 is 0 Å². The molecule has 0 saturated heterocycles. The summed E-state index contributed by atoms with van der Waals surface area (Å²) in [7, 11) is 0. The maximum absolute atomic E-state index is 11.7. The second-order valence-electron chi connectivity index (χ2n) is 3.58. The van der Waals surface area contributed by atoms with Gasteiger partial charge in [-0.05, 0) is 18.3 Å². The van der Waals surface area contributed by atoms with Gasteiger partial charge in [-0.15, -0.1) is 0 Å². The van der Waals surface area contributed by atoms with Crippen molar-refractivity contribution >= 4 is 15.9 Å². The maximum atomic E-state index is 11.7. The first-order valence-corrected chi connectivity index (χ1v) is 4.94. The molecule has 0 fully saturated rings. The molecular formula is C8H15BrF2. The zero-order valence-electron chi connectivity index (χ0n) is 7.04.